The lowest BCUT2D eigenvalue weighted by Gasteiger charge is -2.35. The van der Waals surface area contributed by atoms with Gasteiger partial charge >= 0.3 is 0 Å². The van der Waals surface area contributed by atoms with Crippen molar-refractivity contribution in [3.05, 3.63) is 78.1 Å². The van der Waals surface area contributed by atoms with Gasteiger partial charge in [-0.3, -0.25) is 4.79 Å². The van der Waals surface area contributed by atoms with Gasteiger partial charge in [-0.2, -0.15) is 0 Å². The number of rotatable bonds is 5. The van der Waals surface area contributed by atoms with Gasteiger partial charge in [-0.1, -0.05) is 60.7 Å². The van der Waals surface area contributed by atoms with Crippen LogP contribution in [-0.4, -0.2) is 50.7 Å². The van der Waals surface area contributed by atoms with Crippen LogP contribution in [0.4, 0.5) is 0 Å². The van der Waals surface area contributed by atoms with Crippen LogP contribution in [0.5, 0.6) is 0 Å². The van der Waals surface area contributed by atoms with E-state index in [2.05, 4.69) is 15.5 Å². The number of hydrogen-bond donors (Lipinski definition) is 0. The molecular formula is C20H21N5O2. The Labute approximate surface area is 157 Å². The lowest BCUT2D eigenvalue weighted by atomic mass is 10.0. The van der Waals surface area contributed by atoms with Crippen LogP contribution in [0.2, 0.25) is 0 Å². The maximum atomic E-state index is 13.3. The Morgan fingerprint density at radius 1 is 1.11 bits per heavy atom. The summed E-state index contributed by atoms with van der Waals surface area (Å²) in [6.45, 7) is 1.60. The zero-order chi connectivity index (χ0) is 18.5. The van der Waals surface area contributed by atoms with Gasteiger partial charge in [-0.15, -0.1) is 5.10 Å². The molecule has 1 saturated heterocycles. The van der Waals surface area contributed by atoms with Crippen molar-refractivity contribution in [1.82, 2.24) is 25.1 Å². The minimum absolute atomic E-state index is 0.00961. The van der Waals surface area contributed by atoms with E-state index in [1.54, 1.807) is 4.68 Å². The molecule has 2 unspecified atom stereocenters. The van der Waals surface area contributed by atoms with E-state index in [0.717, 1.165) is 11.1 Å². The minimum atomic E-state index is -0.475. The van der Waals surface area contributed by atoms with E-state index in [9.17, 15) is 4.79 Å². The third-order valence-corrected chi connectivity index (χ3v) is 4.79. The lowest BCUT2D eigenvalue weighted by Crippen LogP contribution is -2.46. The third-order valence-electron chi connectivity index (χ3n) is 4.79. The number of aromatic nitrogens is 4. The van der Waals surface area contributed by atoms with Crippen LogP contribution in [0.15, 0.2) is 67.0 Å². The summed E-state index contributed by atoms with van der Waals surface area (Å²) in [4.78, 5) is 15.2. The number of amides is 1. The van der Waals surface area contributed by atoms with E-state index in [4.69, 9.17) is 4.74 Å². The molecule has 138 valence electrons. The van der Waals surface area contributed by atoms with Crippen molar-refractivity contribution >= 4 is 5.91 Å². The van der Waals surface area contributed by atoms with Crippen molar-refractivity contribution in [3.63, 3.8) is 0 Å². The molecule has 1 aliphatic heterocycles. The molecular weight excluding hydrogens is 342 g/mol. The number of tetrazole rings is 1. The fourth-order valence-corrected chi connectivity index (χ4v) is 3.37. The van der Waals surface area contributed by atoms with Crippen molar-refractivity contribution in [3.8, 4) is 0 Å². The lowest BCUT2D eigenvalue weighted by molar-refractivity contribution is -0.143. The molecule has 1 aromatic heterocycles. The van der Waals surface area contributed by atoms with Crippen LogP contribution in [0.25, 0.3) is 0 Å². The number of ether oxygens (including phenoxy) is 1. The number of morpholine rings is 1. The third kappa shape index (κ3) is 4.03. The Morgan fingerprint density at radius 2 is 1.85 bits per heavy atom. The molecule has 2 aromatic carbocycles. The van der Waals surface area contributed by atoms with Crippen LogP contribution < -0.4 is 0 Å². The molecule has 1 amide bonds. The summed E-state index contributed by atoms with van der Waals surface area (Å²) in [5.41, 5.74) is 2.15. The molecule has 0 spiro atoms. The molecule has 0 radical (unpaired) electrons. The first kappa shape index (κ1) is 17.4. The first-order chi connectivity index (χ1) is 13.3. The summed E-state index contributed by atoms with van der Waals surface area (Å²) in [6, 6.07) is 19.4. The van der Waals surface area contributed by atoms with Crippen LogP contribution in [0.3, 0.4) is 0 Å². The number of carbonyl (C=O) groups excluding carboxylic acids is 1. The second kappa shape index (κ2) is 8.09. The van der Waals surface area contributed by atoms with E-state index >= 15 is 0 Å². The molecule has 4 rings (SSSR count). The van der Waals surface area contributed by atoms with Crippen molar-refractivity contribution < 1.29 is 9.53 Å². The van der Waals surface area contributed by atoms with Gasteiger partial charge < -0.3 is 9.64 Å². The zero-order valence-corrected chi connectivity index (χ0v) is 14.9. The molecule has 0 N–H and O–H groups in total. The summed E-state index contributed by atoms with van der Waals surface area (Å²) in [5, 5.41) is 11.4. The average Bonchev–Trinajstić information content (AvgIpc) is 3.28. The minimum Gasteiger partial charge on any atom is -0.370 e. The molecule has 2 heterocycles. The molecule has 7 nitrogen and oxygen atoms in total. The Kier molecular flexibility index (Phi) is 5.20. The van der Waals surface area contributed by atoms with Crippen molar-refractivity contribution in [2.75, 3.05) is 19.7 Å². The standard InChI is InChI=1S/C20H21N5O2/c26-20(24-11-12-27-19(14-24)17-9-5-2-6-10-17)18(25-15-21-22-23-25)13-16-7-3-1-4-8-16/h1-10,15,18-19H,11-14H2. The second-order valence-electron chi connectivity index (χ2n) is 6.55. The summed E-state index contributed by atoms with van der Waals surface area (Å²) >= 11 is 0. The molecule has 2 atom stereocenters. The average molecular weight is 363 g/mol. The van der Waals surface area contributed by atoms with Crippen molar-refractivity contribution in [2.24, 2.45) is 0 Å². The van der Waals surface area contributed by atoms with Crippen molar-refractivity contribution in [1.29, 1.82) is 0 Å². The number of carbonyl (C=O) groups is 1. The quantitative estimate of drug-likeness (QED) is 0.694. The molecule has 27 heavy (non-hydrogen) atoms. The van der Waals surface area contributed by atoms with Gasteiger partial charge in [0.2, 0.25) is 5.91 Å². The van der Waals surface area contributed by atoms with Crippen LogP contribution >= 0.6 is 0 Å². The van der Waals surface area contributed by atoms with Crippen LogP contribution in [0.1, 0.15) is 23.3 Å². The molecule has 0 saturated carbocycles. The van der Waals surface area contributed by atoms with Gasteiger partial charge in [0, 0.05) is 13.0 Å². The predicted octanol–water partition coefficient (Wildman–Crippen LogP) is 2.06. The van der Waals surface area contributed by atoms with Gasteiger partial charge in [0.1, 0.15) is 18.5 Å². The molecule has 3 aromatic rings. The Hall–Kier alpha value is -3.06. The molecule has 0 bridgehead atoms. The summed E-state index contributed by atoms with van der Waals surface area (Å²) in [6.07, 6.45) is 1.92. The fraction of sp³-hybridized carbons (Fsp3) is 0.300. The number of hydrogen-bond acceptors (Lipinski definition) is 5. The van der Waals surface area contributed by atoms with E-state index in [0.29, 0.717) is 26.1 Å². The van der Waals surface area contributed by atoms with E-state index in [-0.39, 0.29) is 12.0 Å². The zero-order valence-electron chi connectivity index (χ0n) is 14.9. The fourth-order valence-electron chi connectivity index (χ4n) is 3.37. The van der Waals surface area contributed by atoms with Gasteiger partial charge in [0.25, 0.3) is 0 Å². The summed E-state index contributed by atoms with van der Waals surface area (Å²) in [5.74, 6) is 0.00961. The SMILES string of the molecule is O=C(C(Cc1ccccc1)n1cnnn1)N1CCOC(c2ccccc2)C1. The van der Waals surface area contributed by atoms with E-state index < -0.39 is 6.04 Å². The summed E-state index contributed by atoms with van der Waals surface area (Å²) in [7, 11) is 0. The molecule has 0 aliphatic carbocycles. The molecule has 1 aliphatic rings. The summed E-state index contributed by atoms with van der Waals surface area (Å²) < 4.78 is 7.44. The Morgan fingerprint density at radius 3 is 2.56 bits per heavy atom. The van der Waals surface area contributed by atoms with Crippen LogP contribution in [0, 0.1) is 0 Å². The van der Waals surface area contributed by atoms with E-state index in [1.807, 2.05) is 65.6 Å². The normalized spacial score (nSPS) is 18.2. The topological polar surface area (TPSA) is 73.1 Å². The smallest absolute Gasteiger partial charge is 0.248 e. The monoisotopic (exact) mass is 363 g/mol. The highest BCUT2D eigenvalue weighted by Gasteiger charge is 2.31. The highest BCUT2D eigenvalue weighted by molar-refractivity contribution is 5.80. The van der Waals surface area contributed by atoms with E-state index in [1.165, 1.54) is 6.33 Å². The maximum Gasteiger partial charge on any atom is 0.248 e. The highest BCUT2D eigenvalue weighted by Crippen LogP contribution is 2.24. The van der Waals surface area contributed by atoms with Crippen molar-refractivity contribution in [2.45, 2.75) is 18.6 Å². The first-order valence-corrected chi connectivity index (χ1v) is 9.03. The Balaban J connectivity index is 1.54. The highest BCUT2D eigenvalue weighted by atomic mass is 16.5. The number of benzene rings is 2. The number of nitrogens with zero attached hydrogens (tertiary/aromatic N) is 5. The largest absolute Gasteiger partial charge is 0.370 e. The van der Waals surface area contributed by atoms with Gasteiger partial charge in [0.05, 0.1) is 13.2 Å². The van der Waals surface area contributed by atoms with Gasteiger partial charge in [-0.25, -0.2) is 4.68 Å². The predicted molar refractivity (Wildman–Crippen MR) is 98.7 cm³/mol. The Bertz CT molecular complexity index is 855. The first-order valence-electron chi connectivity index (χ1n) is 9.03. The van der Waals surface area contributed by atoms with Gasteiger partial charge in [0.15, 0.2) is 0 Å². The van der Waals surface area contributed by atoms with Gasteiger partial charge in [-0.05, 0) is 21.6 Å². The molecule has 1 fully saturated rings. The second-order valence-corrected chi connectivity index (χ2v) is 6.55. The van der Waals surface area contributed by atoms with Crippen LogP contribution in [-0.2, 0) is 16.0 Å². The molecule has 7 heteroatoms. The maximum absolute atomic E-state index is 13.3.